The highest BCUT2D eigenvalue weighted by atomic mass is 32.2. The van der Waals surface area contributed by atoms with Gasteiger partial charge >= 0.3 is 12.2 Å². The smallest absolute Gasteiger partial charge is 0.307 e. The van der Waals surface area contributed by atoms with Crippen molar-refractivity contribution in [3.8, 4) is 0 Å². The Morgan fingerprint density at radius 1 is 1.30 bits per heavy atom. The summed E-state index contributed by atoms with van der Waals surface area (Å²) in [6.45, 7) is 4.34. The first-order chi connectivity index (χ1) is 12.8. The molecule has 142 valence electrons. The van der Waals surface area contributed by atoms with Crippen molar-refractivity contribution in [3.63, 3.8) is 0 Å². The van der Waals surface area contributed by atoms with Gasteiger partial charge in [0.05, 0.1) is 12.1 Å². The van der Waals surface area contributed by atoms with Crippen molar-refractivity contribution in [2.45, 2.75) is 25.3 Å². The minimum atomic E-state index is -4.49. The number of pyridine rings is 1. The molecule has 0 saturated carbocycles. The van der Waals surface area contributed by atoms with E-state index < -0.39 is 17.8 Å². The zero-order valence-corrected chi connectivity index (χ0v) is 15.4. The van der Waals surface area contributed by atoms with E-state index in [1.807, 2.05) is 6.92 Å². The van der Waals surface area contributed by atoms with E-state index in [0.717, 1.165) is 17.7 Å². The quantitative estimate of drug-likeness (QED) is 0.785. The van der Waals surface area contributed by atoms with E-state index >= 15 is 0 Å². The van der Waals surface area contributed by atoms with Crippen LogP contribution in [0.4, 0.5) is 29.5 Å². The lowest BCUT2D eigenvalue weighted by Crippen LogP contribution is -2.39. The summed E-state index contributed by atoms with van der Waals surface area (Å²) in [5, 5.41) is 3.19. The van der Waals surface area contributed by atoms with Gasteiger partial charge in [-0.15, -0.1) is 0 Å². The maximum Gasteiger partial charge on any atom is 0.416 e. The molecular formula is C18H17F3N4OS. The second-order valence-electron chi connectivity index (χ2n) is 6.04. The van der Waals surface area contributed by atoms with E-state index in [9.17, 15) is 18.0 Å². The van der Waals surface area contributed by atoms with Gasteiger partial charge in [-0.1, -0.05) is 30.8 Å². The second-order valence-corrected chi connectivity index (χ2v) is 7.45. The van der Waals surface area contributed by atoms with Crippen LogP contribution in [0, 0.1) is 6.92 Å². The Hall–Kier alpha value is -2.55. The second kappa shape index (κ2) is 7.59. The number of benzene rings is 1. The van der Waals surface area contributed by atoms with Gasteiger partial charge in [0, 0.05) is 17.1 Å². The van der Waals surface area contributed by atoms with Crippen molar-refractivity contribution in [1.82, 2.24) is 4.98 Å². The number of carbonyl (C=O) groups excluding carboxylic acids is 1. The Kier molecular flexibility index (Phi) is 5.41. The highest BCUT2D eigenvalue weighted by Gasteiger charge is 2.32. The topological polar surface area (TPSA) is 57.6 Å². The van der Waals surface area contributed by atoms with E-state index in [0.29, 0.717) is 17.5 Å². The summed E-state index contributed by atoms with van der Waals surface area (Å²) in [5.41, 5.74) is -0.0355. The molecule has 1 atom stereocenters. The fraction of sp³-hybridized carbons (Fsp3) is 0.278. The van der Waals surface area contributed by atoms with Crippen LogP contribution in [-0.2, 0) is 6.18 Å². The van der Waals surface area contributed by atoms with Crippen LogP contribution in [0.2, 0.25) is 0 Å². The molecule has 0 unspecified atom stereocenters. The van der Waals surface area contributed by atoms with Crippen LogP contribution < -0.4 is 10.2 Å². The lowest BCUT2D eigenvalue weighted by Gasteiger charge is -2.23. The van der Waals surface area contributed by atoms with E-state index in [1.165, 1.54) is 28.8 Å². The molecule has 5 nitrogen and oxygen atoms in total. The first-order valence-electron chi connectivity index (χ1n) is 8.17. The Morgan fingerprint density at radius 3 is 2.70 bits per heavy atom. The van der Waals surface area contributed by atoms with E-state index in [-0.39, 0.29) is 10.9 Å². The van der Waals surface area contributed by atoms with Crippen LogP contribution in [0.15, 0.2) is 47.6 Å². The molecule has 3 rings (SSSR count). The first-order valence-corrected chi connectivity index (χ1v) is 9.05. The lowest BCUT2D eigenvalue weighted by molar-refractivity contribution is -0.137. The lowest BCUT2D eigenvalue weighted by atomic mass is 10.2. The highest BCUT2D eigenvalue weighted by molar-refractivity contribution is 8.15. The third kappa shape index (κ3) is 4.41. The van der Waals surface area contributed by atoms with Crippen LogP contribution in [0.1, 0.15) is 18.1 Å². The predicted molar refractivity (Wildman–Crippen MR) is 101 cm³/mol. The van der Waals surface area contributed by atoms with Crippen LogP contribution in [0.5, 0.6) is 0 Å². The maximum absolute atomic E-state index is 12.9. The molecule has 1 aliphatic rings. The summed E-state index contributed by atoms with van der Waals surface area (Å²) in [6, 6.07) is 7.44. The molecule has 0 spiro atoms. The van der Waals surface area contributed by atoms with Gasteiger partial charge in [0.2, 0.25) is 0 Å². The van der Waals surface area contributed by atoms with Crippen molar-refractivity contribution < 1.29 is 18.0 Å². The van der Waals surface area contributed by atoms with Gasteiger partial charge in [-0.25, -0.2) is 14.7 Å². The molecule has 1 aromatic carbocycles. The van der Waals surface area contributed by atoms with Crippen LogP contribution in [0.25, 0.3) is 0 Å². The zero-order chi connectivity index (χ0) is 19.6. The van der Waals surface area contributed by atoms with E-state index in [1.54, 1.807) is 25.3 Å². The number of halogens is 3. The van der Waals surface area contributed by atoms with Crippen LogP contribution >= 0.6 is 11.8 Å². The largest absolute Gasteiger partial charge is 0.416 e. The summed E-state index contributed by atoms with van der Waals surface area (Å²) in [6.07, 6.45) is -2.94. The molecule has 2 aromatic rings. The summed E-state index contributed by atoms with van der Waals surface area (Å²) in [7, 11) is 0. The standard InChI is InChI=1S/C18H17F3N4OS/c1-11-5-4-8-22-15(11)25(17-23-10-12(2)27-17)16(26)24-14-7-3-6-13(9-14)18(19,20)21/h3-9,12H,10H2,1-2H3,(H,24,26)/t12-/m1/s1. The number of amidine groups is 1. The molecule has 0 radical (unpaired) electrons. The summed E-state index contributed by atoms with van der Waals surface area (Å²) >= 11 is 1.42. The average molecular weight is 394 g/mol. The van der Waals surface area contributed by atoms with Crippen molar-refractivity contribution in [1.29, 1.82) is 0 Å². The normalized spacial score (nSPS) is 16.8. The van der Waals surface area contributed by atoms with Crippen molar-refractivity contribution >= 4 is 34.5 Å². The molecule has 1 N–H and O–H groups in total. The van der Waals surface area contributed by atoms with Gasteiger partial charge in [0.15, 0.2) is 5.17 Å². The zero-order valence-electron chi connectivity index (χ0n) is 14.6. The third-order valence-corrected chi connectivity index (χ3v) is 4.89. The number of nitrogens with zero attached hydrogens (tertiary/aromatic N) is 3. The molecule has 0 saturated heterocycles. The van der Waals surface area contributed by atoms with Gasteiger partial charge in [0.1, 0.15) is 5.82 Å². The Labute approximate surface area is 158 Å². The van der Waals surface area contributed by atoms with E-state index in [2.05, 4.69) is 15.3 Å². The van der Waals surface area contributed by atoms with Crippen LogP contribution in [0.3, 0.4) is 0 Å². The van der Waals surface area contributed by atoms with E-state index in [4.69, 9.17) is 0 Å². The number of urea groups is 1. The van der Waals surface area contributed by atoms with Gasteiger partial charge in [0.25, 0.3) is 0 Å². The fourth-order valence-corrected chi connectivity index (χ4v) is 3.46. The van der Waals surface area contributed by atoms with Crippen molar-refractivity contribution in [2.75, 3.05) is 16.8 Å². The van der Waals surface area contributed by atoms with Crippen molar-refractivity contribution in [3.05, 3.63) is 53.7 Å². The Balaban J connectivity index is 1.92. The molecule has 0 aliphatic carbocycles. The number of carbonyl (C=O) groups is 1. The molecule has 0 fully saturated rings. The molecule has 1 aromatic heterocycles. The highest BCUT2D eigenvalue weighted by Crippen LogP contribution is 2.32. The summed E-state index contributed by atoms with van der Waals surface area (Å²) in [5.74, 6) is 0.391. The van der Waals surface area contributed by atoms with Crippen molar-refractivity contribution in [2.24, 2.45) is 4.99 Å². The molecule has 9 heteroatoms. The summed E-state index contributed by atoms with van der Waals surface area (Å²) < 4.78 is 38.7. The molecular weight excluding hydrogens is 377 g/mol. The molecule has 0 bridgehead atoms. The molecule has 1 aliphatic heterocycles. The number of rotatable bonds is 2. The number of hydrogen-bond donors (Lipinski definition) is 1. The number of alkyl halides is 3. The fourth-order valence-electron chi connectivity index (χ4n) is 2.52. The summed E-state index contributed by atoms with van der Waals surface area (Å²) in [4.78, 5) is 22.9. The van der Waals surface area contributed by atoms with Gasteiger partial charge < -0.3 is 5.32 Å². The maximum atomic E-state index is 12.9. The number of aliphatic imine (C=N–C) groups is 1. The number of aromatic nitrogens is 1. The first kappa shape index (κ1) is 19.2. The van der Waals surface area contributed by atoms with Gasteiger partial charge in [-0.2, -0.15) is 13.2 Å². The number of aryl methyl sites for hydroxylation is 1. The number of amides is 2. The van der Waals surface area contributed by atoms with Crippen LogP contribution in [-0.4, -0.2) is 28.0 Å². The number of hydrogen-bond acceptors (Lipinski definition) is 4. The minimum Gasteiger partial charge on any atom is -0.307 e. The molecule has 2 heterocycles. The average Bonchev–Trinajstić information content (AvgIpc) is 3.02. The number of thioether (sulfide) groups is 1. The minimum absolute atomic E-state index is 0.0463. The number of anilines is 2. The number of nitrogens with one attached hydrogen (secondary N) is 1. The predicted octanol–water partition coefficient (Wildman–Crippen LogP) is 4.94. The van der Waals surface area contributed by atoms with Gasteiger partial charge in [-0.3, -0.25) is 4.99 Å². The monoisotopic (exact) mass is 394 g/mol. The Morgan fingerprint density at radius 2 is 2.07 bits per heavy atom. The molecule has 2 amide bonds. The Bertz CT molecular complexity index is 885. The molecule has 27 heavy (non-hydrogen) atoms. The third-order valence-electron chi connectivity index (χ3n) is 3.82. The van der Waals surface area contributed by atoms with Gasteiger partial charge in [-0.05, 0) is 36.8 Å². The SMILES string of the molecule is Cc1cccnc1N(C(=O)Nc1cccc(C(F)(F)F)c1)C1=NC[C@@H](C)S1.